The van der Waals surface area contributed by atoms with E-state index in [0.717, 1.165) is 9.35 Å². The van der Waals surface area contributed by atoms with Crippen molar-refractivity contribution >= 4 is 33.3 Å². The van der Waals surface area contributed by atoms with Crippen molar-refractivity contribution in [2.24, 2.45) is 0 Å². The summed E-state index contributed by atoms with van der Waals surface area (Å²) in [7, 11) is 0. The van der Waals surface area contributed by atoms with Crippen LogP contribution in [0.3, 0.4) is 0 Å². The Kier molecular flexibility index (Phi) is 3.93. The Morgan fingerprint density at radius 1 is 1.19 bits per heavy atom. The quantitative estimate of drug-likeness (QED) is 0.900. The van der Waals surface area contributed by atoms with Crippen LogP contribution in [0.25, 0.3) is 16.5 Å². The summed E-state index contributed by atoms with van der Waals surface area (Å²) in [5.74, 6) is 0. The monoisotopic (exact) mass is 294 g/mol. The van der Waals surface area contributed by atoms with Crippen molar-refractivity contribution in [3.8, 4) is 10.4 Å². The van der Waals surface area contributed by atoms with Gasteiger partial charge in [0.15, 0.2) is 0 Å². The van der Waals surface area contributed by atoms with E-state index >= 15 is 0 Å². The summed E-state index contributed by atoms with van der Waals surface area (Å²) in [5.41, 5.74) is 1.20. The second-order valence-corrected chi connectivity index (χ2v) is 5.24. The molecule has 82 valence electrons. The highest BCUT2D eigenvalue weighted by Crippen LogP contribution is 2.33. The van der Waals surface area contributed by atoms with Gasteiger partial charge in [0.25, 0.3) is 0 Å². The van der Waals surface area contributed by atoms with Gasteiger partial charge in [0.2, 0.25) is 0 Å². The first-order chi connectivity index (χ1) is 7.81. The Labute approximate surface area is 107 Å². The zero-order chi connectivity index (χ0) is 11.4. The van der Waals surface area contributed by atoms with Crippen LogP contribution in [0.4, 0.5) is 0 Å². The fraction of sp³-hybridized carbons (Fsp3) is 0.0769. The number of rotatable bonds is 3. The summed E-state index contributed by atoms with van der Waals surface area (Å²) < 4.78 is 1.11. The van der Waals surface area contributed by atoms with E-state index in [1.807, 2.05) is 24.3 Å². The second kappa shape index (κ2) is 5.43. The third-order valence-electron chi connectivity index (χ3n) is 2.15. The normalized spacial score (nSPS) is 11.1. The Balaban J connectivity index is 2.32. The van der Waals surface area contributed by atoms with E-state index in [2.05, 4.69) is 34.1 Å². The van der Waals surface area contributed by atoms with Crippen LogP contribution in [0, 0.1) is 0 Å². The van der Waals surface area contributed by atoms with E-state index in [4.69, 9.17) is 5.11 Å². The van der Waals surface area contributed by atoms with Gasteiger partial charge in [0, 0.05) is 19.8 Å². The molecule has 0 fully saturated rings. The molecule has 0 atom stereocenters. The van der Waals surface area contributed by atoms with Crippen LogP contribution in [0.1, 0.15) is 4.88 Å². The highest BCUT2D eigenvalue weighted by Gasteiger charge is 2.04. The smallest absolute Gasteiger partial charge is 0.0615 e. The lowest BCUT2D eigenvalue weighted by molar-refractivity contribution is 0.343. The summed E-state index contributed by atoms with van der Waals surface area (Å²) in [5, 5.41) is 8.71. The molecule has 0 spiro atoms. The molecule has 1 nitrogen and oxygen atoms in total. The van der Waals surface area contributed by atoms with Gasteiger partial charge in [-0.2, -0.15) is 0 Å². The van der Waals surface area contributed by atoms with Gasteiger partial charge in [-0.1, -0.05) is 40.2 Å². The SMILES string of the molecule is OCC=Cc1ccc(-c2ccccc2Br)s1. The summed E-state index contributed by atoms with van der Waals surface area (Å²) >= 11 is 5.26. The molecule has 0 unspecified atom stereocenters. The molecular formula is C13H11BrOS. The first-order valence-corrected chi connectivity index (χ1v) is 6.54. The van der Waals surface area contributed by atoms with E-state index in [1.165, 1.54) is 10.4 Å². The number of aliphatic hydroxyl groups is 1. The van der Waals surface area contributed by atoms with Crippen LogP contribution in [0.5, 0.6) is 0 Å². The van der Waals surface area contributed by atoms with E-state index in [0.29, 0.717) is 0 Å². The van der Waals surface area contributed by atoms with Crippen molar-refractivity contribution in [3.63, 3.8) is 0 Å². The zero-order valence-electron chi connectivity index (χ0n) is 8.56. The second-order valence-electron chi connectivity index (χ2n) is 3.27. The fourth-order valence-electron chi connectivity index (χ4n) is 1.42. The van der Waals surface area contributed by atoms with Crippen LogP contribution >= 0.6 is 27.3 Å². The number of halogens is 1. The highest BCUT2D eigenvalue weighted by atomic mass is 79.9. The van der Waals surface area contributed by atoms with Crippen molar-refractivity contribution in [2.75, 3.05) is 6.61 Å². The van der Waals surface area contributed by atoms with Crippen molar-refractivity contribution in [1.82, 2.24) is 0 Å². The molecule has 1 aromatic carbocycles. The Morgan fingerprint density at radius 2 is 2.00 bits per heavy atom. The maximum Gasteiger partial charge on any atom is 0.0615 e. The topological polar surface area (TPSA) is 20.2 Å². The van der Waals surface area contributed by atoms with E-state index < -0.39 is 0 Å². The molecular weight excluding hydrogens is 284 g/mol. The molecule has 0 radical (unpaired) electrons. The highest BCUT2D eigenvalue weighted by molar-refractivity contribution is 9.10. The molecule has 16 heavy (non-hydrogen) atoms. The van der Waals surface area contributed by atoms with Crippen LogP contribution in [-0.4, -0.2) is 11.7 Å². The molecule has 1 N–H and O–H groups in total. The molecule has 0 aliphatic carbocycles. The van der Waals surface area contributed by atoms with Crippen LogP contribution in [-0.2, 0) is 0 Å². The van der Waals surface area contributed by atoms with Gasteiger partial charge in [0.05, 0.1) is 6.61 Å². The van der Waals surface area contributed by atoms with Gasteiger partial charge in [-0.15, -0.1) is 11.3 Å². The van der Waals surface area contributed by atoms with Gasteiger partial charge in [-0.3, -0.25) is 0 Å². The molecule has 0 aliphatic heterocycles. The van der Waals surface area contributed by atoms with Crippen molar-refractivity contribution in [3.05, 3.63) is 51.8 Å². The maximum atomic E-state index is 8.71. The van der Waals surface area contributed by atoms with Crippen molar-refractivity contribution in [1.29, 1.82) is 0 Å². The molecule has 2 aromatic rings. The lowest BCUT2D eigenvalue weighted by atomic mass is 10.2. The van der Waals surface area contributed by atoms with Gasteiger partial charge >= 0.3 is 0 Å². The molecule has 0 bridgehead atoms. The minimum absolute atomic E-state index is 0.0856. The predicted octanol–water partition coefficient (Wildman–Crippen LogP) is 4.18. The Bertz CT molecular complexity index is 502. The predicted molar refractivity (Wildman–Crippen MR) is 73.6 cm³/mol. The minimum Gasteiger partial charge on any atom is -0.392 e. The number of hydrogen-bond donors (Lipinski definition) is 1. The molecule has 0 saturated carbocycles. The van der Waals surface area contributed by atoms with Gasteiger partial charge in [-0.05, 0) is 24.3 Å². The molecule has 3 heteroatoms. The van der Waals surface area contributed by atoms with Crippen molar-refractivity contribution < 1.29 is 5.11 Å². The summed E-state index contributed by atoms with van der Waals surface area (Å²) in [6.45, 7) is 0.0856. The van der Waals surface area contributed by atoms with Crippen LogP contribution < -0.4 is 0 Å². The number of hydrogen-bond acceptors (Lipinski definition) is 2. The third kappa shape index (κ3) is 2.61. The molecule has 1 aromatic heterocycles. The minimum atomic E-state index is 0.0856. The van der Waals surface area contributed by atoms with Gasteiger partial charge < -0.3 is 5.11 Å². The molecule has 1 heterocycles. The van der Waals surface area contributed by atoms with Crippen LogP contribution in [0.15, 0.2) is 46.9 Å². The molecule has 0 aliphatic rings. The fourth-order valence-corrected chi connectivity index (χ4v) is 3.02. The standard InChI is InChI=1S/C13H11BrOS/c14-12-6-2-1-5-11(12)13-8-7-10(16-13)4-3-9-15/h1-8,15H,9H2. The van der Waals surface area contributed by atoms with E-state index in [-0.39, 0.29) is 6.61 Å². The average molecular weight is 295 g/mol. The summed E-state index contributed by atoms with van der Waals surface area (Å²) in [4.78, 5) is 2.38. The first kappa shape index (κ1) is 11.6. The van der Waals surface area contributed by atoms with E-state index in [9.17, 15) is 0 Å². The summed E-state index contributed by atoms with van der Waals surface area (Å²) in [6, 6.07) is 12.3. The average Bonchev–Trinajstić information content (AvgIpc) is 2.75. The zero-order valence-corrected chi connectivity index (χ0v) is 11.0. The van der Waals surface area contributed by atoms with E-state index in [1.54, 1.807) is 17.4 Å². The number of aliphatic hydroxyl groups excluding tert-OH is 1. The van der Waals surface area contributed by atoms with Crippen LogP contribution in [0.2, 0.25) is 0 Å². The molecule has 2 rings (SSSR count). The third-order valence-corrected chi connectivity index (χ3v) is 3.93. The Morgan fingerprint density at radius 3 is 2.75 bits per heavy atom. The van der Waals surface area contributed by atoms with Gasteiger partial charge in [0.1, 0.15) is 0 Å². The number of thiophene rings is 1. The summed E-state index contributed by atoms with van der Waals surface area (Å²) in [6.07, 6.45) is 3.68. The Hall–Kier alpha value is -0.900. The number of benzene rings is 1. The largest absolute Gasteiger partial charge is 0.392 e. The lowest BCUT2D eigenvalue weighted by Crippen LogP contribution is -1.72. The van der Waals surface area contributed by atoms with Crippen molar-refractivity contribution in [2.45, 2.75) is 0 Å². The van der Waals surface area contributed by atoms with Gasteiger partial charge in [-0.25, -0.2) is 0 Å². The molecule has 0 amide bonds. The first-order valence-electron chi connectivity index (χ1n) is 4.93. The lowest BCUT2D eigenvalue weighted by Gasteiger charge is -1.99. The molecule has 0 saturated heterocycles. The maximum absolute atomic E-state index is 8.71.